The lowest BCUT2D eigenvalue weighted by Crippen LogP contribution is -2.30. The number of hydrogen-bond acceptors (Lipinski definition) is 5. The number of para-hydroxylation sites is 1. The van der Waals surface area contributed by atoms with Gasteiger partial charge in [-0.15, -0.1) is 0 Å². The molecular formula is C25H30N2O4. The minimum absolute atomic E-state index is 0.221. The van der Waals surface area contributed by atoms with Gasteiger partial charge in [-0.05, 0) is 43.1 Å². The second-order valence-electron chi connectivity index (χ2n) is 7.44. The zero-order valence-corrected chi connectivity index (χ0v) is 18.5. The van der Waals surface area contributed by atoms with Gasteiger partial charge in [-0.3, -0.25) is 19.4 Å². The van der Waals surface area contributed by atoms with Crippen LogP contribution >= 0.6 is 0 Å². The van der Waals surface area contributed by atoms with E-state index in [2.05, 4.69) is 17.9 Å². The van der Waals surface area contributed by atoms with Crippen LogP contribution in [0.2, 0.25) is 0 Å². The molecule has 2 aromatic rings. The number of hydrogen-bond donors (Lipinski definition) is 0. The van der Waals surface area contributed by atoms with Gasteiger partial charge in [0.15, 0.2) is 11.5 Å². The molecule has 0 fully saturated rings. The highest BCUT2D eigenvalue weighted by atomic mass is 16.5. The fourth-order valence-electron chi connectivity index (χ4n) is 3.85. The number of amides is 2. The first kappa shape index (κ1) is 22.6. The smallest absolute Gasteiger partial charge is 0.261 e. The average molecular weight is 423 g/mol. The Morgan fingerprint density at radius 2 is 1.61 bits per heavy atom. The first-order valence-corrected chi connectivity index (χ1v) is 10.6. The van der Waals surface area contributed by atoms with Crippen molar-refractivity contribution in [2.24, 2.45) is 0 Å². The van der Waals surface area contributed by atoms with Crippen molar-refractivity contribution in [3.8, 4) is 11.5 Å². The van der Waals surface area contributed by atoms with Crippen LogP contribution in [-0.4, -0.2) is 62.0 Å². The standard InChI is InChI=1S/C25H30N2O4/c1-4-15-26(18-14-19-10-9-13-22(30-2)23(19)31-3)16-7-8-17-27-24(28)20-11-5-6-12-21(20)25(27)29/h5-13H,4,14-18H2,1-3H3/b8-7-. The average Bonchev–Trinajstić information content (AvgIpc) is 3.04. The van der Waals surface area contributed by atoms with Crippen LogP contribution in [0.15, 0.2) is 54.6 Å². The summed E-state index contributed by atoms with van der Waals surface area (Å²) in [7, 11) is 3.30. The Kier molecular flexibility index (Phi) is 7.84. The van der Waals surface area contributed by atoms with Gasteiger partial charge >= 0.3 is 0 Å². The highest BCUT2D eigenvalue weighted by molar-refractivity contribution is 6.21. The molecule has 0 N–H and O–H groups in total. The molecule has 1 aliphatic rings. The Balaban J connectivity index is 1.56. The zero-order chi connectivity index (χ0) is 22.2. The van der Waals surface area contributed by atoms with Crippen molar-refractivity contribution >= 4 is 11.8 Å². The molecule has 6 heteroatoms. The predicted molar refractivity (Wildman–Crippen MR) is 121 cm³/mol. The van der Waals surface area contributed by atoms with E-state index in [-0.39, 0.29) is 18.4 Å². The molecule has 3 rings (SSSR count). The number of carbonyl (C=O) groups excluding carboxylic acids is 2. The van der Waals surface area contributed by atoms with E-state index in [0.29, 0.717) is 11.1 Å². The fraction of sp³-hybridized carbons (Fsp3) is 0.360. The Labute approximate surface area is 184 Å². The van der Waals surface area contributed by atoms with E-state index in [1.807, 2.05) is 24.3 Å². The van der Waals surface area contributed by atoms with Crippen LogP contribution in [0.1, 0.15) is 39.6 Å². The van der Waals surface area contributed by atoms with Gasteiger partial charge in [0.1, 0.15) is 0 Å². The van der Waals surface area contributed by atoms with Gasteiger partial charge in [0.25, 0.3) is 11.8 Å². The lowest BCUT2D eigenvalue weighted by Gasteiger charge is -2.21. The van der Waals surface area contributed by atoms with E-state index < -0.39 is 0 Å². The molecule has 0 unspecified atom stereocenters. The van der Waals surface area contributed by atoms with E-state index in [1.165, 1.54) is 4.90 Å². The summed E-state index contributed by atoms with van der Waals surface area (Å²) < 4.78 is 10.9. The molecule has 0 saturated carbocycles. The SMILES string of the molecule is CCCN(C/C=C\CN1C(=O)c2ccccc2C1=O)CCc1cccc(OC)c1OC. The van der Waals surface area contributed by atoms with Crippen molar-refractivity contribution in [2.75, 3.05) is 40.4 Å². The largest absolute Gasteiger partial charge is 0.493 e. The summed E-state index contributed by atoms with van der Waals surface area (Å²) in [5, 5.41) is 0. The van der Waals surface area contributed by atoms with E-state index in [4.69, 9.17) is 9.47 Å². The third-order valence-corrected chi connectivity index (χ3v) is 5.42. The van der Waals surface area contributed by atoms with E-state index in [1.54, 1.807) is 38.5 Å². The van der Waals surface area contributed by atoms with Crippen molar-refractivity contribution in [2.45, 2.75) is 19.8 Å². The number of rotatable bonds is 11. The lowest BCUT2D eigenvalue weighted by molar-refractivity contribution is 0.0672. The molecule has 31 heavy (non-hydrogen) atoms. The molecule has 1 heterocycles. The van der Waals surface area contributed by atoms with Crippen LogP contribution in [0, 0.1) is 0 Å². The minimum Gasteiger partial charge on any atom is -0.493 e. The van der Waals surface area contributed by atoms with Crippen molar-refractivity contribution < 1.29 is 19.1 Å². The van der Waals surface area contributed by atoms with Crippen molar-refractivity contribution in [1.82, 2.24) is 9.80 Å². The van der Waals surface area contributed by atoms with Crippen LogP contribution < -0.4 is 9.47 Å². The van der Waals surface area contributed by atoms with E-state index >= 15 is 0 Å². The first-order valence-electron chi connectivity index (χ1n) is 10.6. The molecule has 0 atom stereocenters. The molecule has 164 valence electrons. The topological polar surface area (TPSA) is 59.1 Å². The van der Waals surface area contributed by atoms with Crippen LogP contribution in [0.3, 0.4) is 0 Å². The minimum atomic E-state index is -0.221. The van der Waals surface area contributed by atoms with Crippen molar-refractivity contribution in [3.05, 3.63) is 71.3 Å². The molecule has 2 amide bonds. The molecule has 1 aliphatic heterocycles. The summed E-state index contributed by atoms with van der Waals surface area (Å²) in [6, 6.07) is 12.9. The normalized spacial score (nSPS) is 13.4. The van der Waals surface area contributed by atoms with Gasteiger partial charge in [-0.25, -0.2) is 0 Å². The summed E-state index contributed by atoms with van der Waals surface area (Å²) in [4.78, 5) is 28.5. The quantitative estimate of drug-likeness (QED) is 0.407. The highest BCUT2D eigenvalue weighted by Gasteiger charge is 2.34. The van der Waals surface area contributed by atoms with E-state index in [0.717, 1.165) is 49.5 Å². The second kappa shape index (κ2) is 10.8. The molecule has 0 radical (unpaired) electrons. The molecule has 0 bridgehead atoms. The second-order valence-corrected chi connectivity index (χ2v) is 7.44. The zero-order valence-electron chi connectivity index (χ0n) is 18.5. The predicted octanol–water partition coefficient (Wildman–Crippen LogP) is 3.81. The molecule has 0 spiro atoms. The number of fused-ring (bicyclic) bond motifs is 1. The third-order valence-electron chi connectivity index (χ3n) is 5.42. The van der Waals surface area contributed by atoms with Crippen molar-refractivity contribution in [3.63, 3.8) is 0 Å². The Hall–Kier alpha value is -3.12. The number of nitrogens with zero attached hydrogens (tertiary/aromatic N) is 2. The van der Waals surface area contributed by atoms with Crippen LogP contribution in [0.25, 0.3) is 0 Å². The van der Waals surface area contributed by atoms with Gasteiger partial charge in [-0.2, -0.15) is 0 Å². The Morgan fingerprint density at radius 3 is 2.23 bits per heavy atom. The third kappa shape index (κ3) is 5.14. The van der Waals surface area contributed by atoms with E-state index in [9.17, 15) is 9.59 Å². The lowest BCUT2D eigenvalue weighted by atomic mass is 10.1. The number of ether oxygens (including phenoxy) is 2. The summed E-state index contributed by atoms with van der Waals surface area (Å²) >= 11 is 0. The number of carbonyl (C=O) groups is 2. The maximum atomic E-state index is 12.4. The molecular weight excluding hydrogens is 392 g/mol. The number of imide groups is 1. The summed E-state index contributed by atoms with van der Waals surface area (Å²) in [6.07, 6.45) is 5.81. The maximum Gasteiger partial charge on any atom is 0.261 e. The Bertz CT molecular complexity index is 919. The van der Waals surface area contributed by atoms with Crippen LogP contribution in [0.5, 0.6) is 11.5 Å². The van der Waals surface area contributed by atoms with Gasteiger partial charge in [0.05, 0.1) is 25.3 Å². The number of methoxy groups -OCH3 is 2. The monoisotopic (exact) mass is 422 g/mol. The summed E-state index contributed by atoms with van der Waals surface area (Å²) in [6.45, 7) is 5.03. The summed E-state index contributed by atoms with van der Waals surface area (Å²) in [5.74, 6) is 1.08. The number of benzene rings is 2. The Morgan fingerprint density at radius 1 is 0.903 bits per heavy atom. The van der Waals surface area contributed by atoms with Gasteiger partial charge in [0.2, 0.25) is 0 Å². The van der Waals surface area contributed by atoms with Crippen molar-refractivity contribution in [1.29, 1.82) is 0 Å². The van der Waals surface area contributed by atoms with Gasteiger partial charge in [-0.1, -0.05) is 43.3 Å². The maximum absolute atomic E-state index is 12.4. The van der Waals surface area contributed by atoms with Gasteiger partial charge < -0.3 is 9.47 Å². The van der Waals surface area contributed by atoms with Gasteiger partial charge in [0, 0.05) is 19.6 Å². The highest BCUT2D eigenvalue weighted by Crippen LogP contribution is 2.31. The molecule has 2 aromatic carbocycles. The van der Waals surface area contributed by atoms with Crippen LogP contribution in [-0.2, 0) is 6.42 Å². The fourth-order valence-corrected chi connectivity index (χ4v) is 3.85. The molecule has 6 nitrogen and oxygen atoms in total. The molecule has 0 aliphatic carbocycles. The summed E-state index contributed by atoms with van der Waals surface area (Å²) in [5.41, 5.74) is 2.08. The first-order chi connectivity index (χ1) is 15.1. The molecule has 0 saturated heterocycles. The van der Waals surface area contributed by atoms with Crippen LogP contribution in [0.4, 0.5) is 0 Å². The molecule has 0 aromatic heterocycles.